The molecule has 2 aliphatic heterocycles. The number of hydrogen-bond donors (Lipinski definition) is 0. The van der Waals surface area contributed by atoms with Crippen LogP contribution in [0.2, 0.25) is 0 Å². The number of likely N-dealkylation sites (tertiary alicyclic amines) is 2. The van der Waals surface area contributed by atoms with Gasteiger partial charge in [0.1, 0.15) is 0 Å². The minimum atomic E-state index is -4.30. The SMILES string of the molecule is CC1C(C(F)(F)F)CCN1CCS(=O)(=O)CCN1CCC(C(F)(F)F)C1C. The zero-order valence-corrected chi connectivity index (χ0v) is 16.2. The van der Waals surface area contributed by atoms with Gasteiger partial charge in [-0.15, -0.1) is 0 Å². The first-order valence-electron chi connectivity index (χ1n) is 9.04. The molecule has 27 heavy (non-hydrogen) atoms. The third-order valence-electron chi connectivity index (χ3n) is 5.99. The van der Waals surface area contributed by atoms with Crippen LogP contribution in [0.4, 0.5) is 26.3 Å². The fourth-order valence-electron chi connectivity index (χ4n) is 4.13. The van der Waals surface area contributed by atoms with E-state index in [1.165, 1.54) is 23.6 Å². The first kappa shape index (κ1) is 22.7. The Balaban J connectivity index is 1.81. The van der Waals surface area contributed by atoms with Gasteiger partial charge in [-0.25, -0.2) is 8.42 Å². The fourth-order valence-corrected chi connectivity index (χ4v) is 5.36. The van der Waals surface area contributed by atoms with Crippen LogP contribution in [0.3, 0.4) is 0 Å². The second kappa shape index (κ2) is 8.06. The molecule has 0 bridgehead atoms. The maximum absolute atomic E-state index is 12.9. The summed E-state index contributed by atoms with van der Waals surface area (Å²) in [5, 5.41) is 0. The van der Waals surface area contributed by atoms with Crippen molar-refractivity contribution >= 4 is 9.84 Å². The molecule has 4 unspecified atom stereocenters. The van der Waals surface area contributed by atoms with E-state index in [4.69, 9.17) is 0 Å². The lowest BCUT2D eigenvalue weighted by atomic mass is 10.0. The van der Waals surface area contributed by atoms with Crippen molar-refractivity contribution < 1.29 is 34.8 Å². The molecule has 2 saturated heterocycles. The summed E-state index contributed by atoms with van der Waals surface area (Å²) in [5.74, 6) is -3.48. The van der Waals surface area contributed by atoms with Crippen molar-refractivity contribution in [2.75, 3.05) is 37.7 Å². The Bertz CT molecular complexity index is 561. The second-order valence-electron chi connectivity index (χ2n) is 7.58. The van der Waals surface area contributed by atoms with Gasteiger partial charge in [0.15, 0.2) is 9.84 Å². The third-order valence-corrected chi connectivity index (χ3v) is 7.60. The lowest BCUT2D eigenvalue weighted by Crippen LogP contribution is -2.40. The van der Waals surface area contributed by atoms with Crippen LogP contribution in [0.5, 0.6) is 0 Å². The van der Waals surface area contributed by atoms with E-state index in [0.717, 1.165) is 0 Å². The standard InChI is InChI=1S/C16H26F6N2O2S/c1-11-13(15(17,18)19)3-5-23(11)7-9-27(25,26)10-8-24-6-4-14(12(24)2)16(20,21)22/h11-14H,3-10H2,1-2H3. The third kappa shape index (κ3) is 5.72. The van der Waals surface area contributed by atoms with E-state index < -0.39 is 46.1 Å². The van der Waals surface area contributed by atoms with Crippen LogP contribution in [0, 0.1) is 11.8 Å². The Labute approximate surface area is 155 Å². The Morgan fingerprint density at radius 2 is 1.11 bits per heavy atom. The Hall–Kier alpha value is -0.550. The molecule has 11 heteroatoms. The summed E-state index contributed by atoms with van der Waals surface area (Å²) < 4.78 is 102. The van der Waals surface area contributed by atoms with Crippen molar-refractivity contribution in [2.45, 2.75) is 51.1 Å². The molecule has 0 aromatic carbocycles. The summed E-state index contributed by atoms with van der Waals surface area (Å²) in [6.07, 6.45) is -8.69. The van der Waals surface area contributed by atoms with Gasteiger partial charge in [0, 0.05) is 25.2 Å². The first-order chi connectivity index (χ1) is 12.2. The highest BCUT2D eigenvalue weighted by Gasteiger charge is 2.49. The lowest BCUT2D eigenvalue weighted by molar-refractivity contribution is -0.179. The highest BCUT2D eigenvalue weighted by Crippen LogP contribution is 2.38. The smallest absolute Gasteiger partial charge is 0.299 e. The summed E-state index contributed by atoms with van der Waals surface area (Å²) in [5.41, 5.74) is 0. The Morgan fingerprint density at radius 3 is 1.37 bits per heavy atom. The van der Waals surface area contributed by atoms with Crippen LogP contribution in [-0.4, -0.2) is 80.3 Å². The van der Waals surface area contributed by atoms with Gasteiger partial charge in [-0.2, -0.15) is 26.3 Å². The van der Waals surface area contributed by atoms with E-state index in [1.54, 1.807) is 0 Å². The first-order valence-corrected chi connectivity index (χ1v) is 10.9. The summed E-state index contributed by atoms with van der Waals surface area (Å²) in [4.78, 5) is 3.04. The van der Waals surface area contributed by atoms with Crippen LogP contribution in [0.1, 0.15) is 26.7 Å². The summed E-state index contributed by atoms with van der Waals surface area (Å²) >= 11 is 0. The number of hydrogen-bond acceptors (Lipinski definition) is 4. The van der Waals surface area contributed by atoms with Gasteiger partial charge in [0.25, 0.3) is 0 Å². The van der Waals surface area contributed by atoms with Crippen LogP contribution in [0.15, 0.2) is 0 Å². The van der Waals surface area contributed by atoms with E-state index in [-0.39, 0.29) is 50.5 Å². The summed E-state index contributed by atoms with van der Waals surface area (Å²) in [6.45, 7) is 3.30. The molecule has 0 spiro atoms. The molecule has 0 aromatic rings. The largest absolute Gasteiger partial charge is 0.393 e. The molecule has 4 nitrogen and oxygen atoms in total. The number of rotatable bonds is 6. The molecule has 0 amide bonds. The minimum Gasteiger partial charge on any atom is -0.299 e. The van der Waals surface area contributed by atoms with Crippen LogP contribution < -0.4 is 0 Å². The lowest BCUT2D eigenvalue weighted by Gasteiger charge is -2.27. The number of nitrogens with zero attached hydrogens (tertiary/aromatic N) is 2. The van der Waals surface area contributed by atoms with E-state index in [2.05, 4.69) is 0 Å². The predicted octanol–water partition coefficient (Wildman–Crippen LogP) is 2.95. The van der Waals surface area contributed by atoms with Crippen molar-refractivity contribution in [3.8, 4) is 0 Å². The summed E-state index contributed by atoms with van der Waals surface area (Å²) in [6, 6.07) is -1.54. The van der Waals surface area contributed by atoms with E-state index in [0.29, 0.717) is 0 Å². The van der Waals surface area contributed by atoms with Crippen molar-refractivity contribution in [2.24, 2.45) is 11.8 Å². The predicted molar refractivity (Wildman–Crippen MR) is 89.0 cm³/mol. The molecule has 2 heterocycles. The quantitative estimate of drug-likeness (QED) is 0.615. The second-order valence-corrected chi connectivity index (χ2v) is 9.88. The molecular weight excluding hydrogens is 398 g/mol. The molecule has 0 aromatic heterocycles. The van der Waals surface area contributed by atoms with Gasteiger partial charge in [0.05, 0.1) is 23.3 Å². The van der Waals surface area contributed by atoms with Gasteiger partial charge in [-0.3, -0.25) is 9.80 Å². The van der Waals surface area contributed by atoms with E-state index >= 15 is 0 Å². The van der Waals surface area contributed by atoms with Crippen molar-refractivity contribution in [3.63, 3.8) is 0 Å². The normalized spacial score (nSPS) is 31.7. The van der Waals surface area contributed by atoms with Crippen molar-refractivity contribution in [1.82, 2.24) is 9.80 Å². The van der Waals surface area contributed by atoms with Crippen molar-refractivity contribution in [3.05, 3.63) is 0 Å². The molecule has 2 fully saturated rings. The molecule has 0 aliphatic carbocycles. The average molecular weight is 424 g/mol. The molecular formula is C16H26F6N2O2S. The molecule has 4 atom stereocenters. The Kier molecular flexibility index (Phi) is 6.79. The van der Waals surface area contributed by atoms with E-state index in [1.807, 2.05) is 0 Å². The van der Waals surface area contributed by atoms with Gasteiger partial charge in [-0.05, 0) is 39.8 Å². The minimum absolute atomic E-state index is 0.0107. The molecule has 2 aliphatic rings. The zero-order valence-electron chi connectivity index (χ0n) is 15.4. The highest BCUT2D eigenvalue weighted by atomic mass is 32.2. The average Bonchev–Trinajstić information content (AvgIpc) is 3.05. The van der Waals surface area contributed by atoms with Crippen LogP contribution in [-0.2, 0) is 9.84 Å². The van der Waals surface area contributed by atoms with Gasteiger partial charge < -0.3 is 0 Å². The maximum Gasteiger partial charge on any atom is 0.393 e. The molecule has 0 radical (unpaired) electrons. The van der Waals surface area contributed by atoms with Crippen LogP contribution in [0.25, 0.3) is 0 Å². The van der Waals surface area contributed by atoms with Gasteiger partial charge in [0.2, 0.25) is 0 Å². The van der Waals surface area contributed by atoms with Gasteiger partial charge >= 0.3 is 12.4 Å². The Morgan fingerprint density at radius 1 is 0.778 bits per heavy atom. The number of sulfone groups is 1. The maximum atomic E-state index is 12.9. The van der Waals surface area contributed by atoms with Gasteiger partial charge in [-0.1, -0.05) is 0 Å². The highest BCUT2D eigenvalue weighted by molar-refractivity contribution is 7.91. The van der Waals surface area contributed by atoms with E-state index in [9.17, 15) is 34.8 Å². The molecule has 160 valence electrons. The number of alkyl halides is 6. The summed E-state index contributed by atoms with van der Waals surface area (Å²) in [7, 11) is -3.56. The molecule has 0 saturated carbocycles. The van der Waals surface area contributed by atoms with Crippen molar-refractivity contribution in [1.29, 1.82) is 0 Å². The fraction of sp³-hybridized carbons (Fsp3) is 1.00. The molecule has 2 rings (SSSR count). The monoisotopic (exact) mass is 424 g/mol. The van der Waals surface area contributed by atoms with Crippen LogP contribution >= 0.6 is 0 Å². The molecule has 0 N–H and O–H groups in total. The topological polar surface area (TPSA) is 40.6 Å². The number of halogens is 6. The zero-order chi connectivity index (χ0) is 20.6.